The van der Waals surface area contributed by atoms with Gasteiger partial charge >= 0.3 is 0 Å². The van der Waals surface area contributed by atoms with E-state index in [4.69, 9.17) is 5.73 Å². The number of rotatable bonds is 5. The lowest BCUT2D eigenvalue weighted by Gasteiger charge is -2.26. The van der Waals surface area contributed by atoms with E-state index in [1.54, 1.807) is 15.2 Å². The van der Waals surface area contributed by atoms with Gasteiger partial charge in [-0.15, -0.1) is 0 Å². The maximum Gasteiger partial charge on any atom is 0.246 e. The largest absolute Gasteiger partial charge is 0.329 e. The lowest BCUT2D eigenvalue weighted by Crippen LogP contribution is -2.39. The molecule has 2 unspecified atom stereocenters. The fourth-order valence-corrected chi connectivity index (χ4v) is 4.62. The molecule has 1 aromatic heterocycles. The lowest BCUT2D eigenvalue weighted by atomic mass is 10.2. The molecule has 0 spiro atoms. The highest BCUT2D eigenvalue weighted by atomic mass is 32.2. The molecule has 1 aliphatic heterocycles. The first-order valence-electron chi connectivity index (χ1n) is 6.76. The zero-order valence-corrected chi connectivity index (χ0v) is 12.3. The Morgan fingerprint density at radius 1 is 1.47 bits per heavy atom. The van der Waals surface area contributed by atoms with Crippen molar-refractivity contribution in [2.75, 3.05) is 6.54 Å². The van der Waals surface area contributed by atoms with Crippen LogP contribution in [-0.4, -0.2) is 41.1 Å². The Labute approximate surface area is 114 Å². The van der Waals surface area contributed by atoms with Crippen molar-refractivity contribution in [1.29, 1.82) is 0 Å². The Kier molecular flexibility index (Phi) is 4.27. The van der Waals surface area contributed by atoms with E-state index in [0.717, 1.165) is 19.3 Å². The van der Waals surface area contributed by atoms with Crippen LogP contribution < -0.4 is 5.73 Å². The third-order valence-electron chi connectivity index (χ3n) is 3.73. The van der Waals surface area contributed by atoms with Gasteiger partial charge in [0.1, 0.15) is 4.90 Å². The predicted molar refractivity (Wildman–Crippen MR) is 73.1 cm³/mol. The van der Waals surface area contributed by atoms with Crippen molar-refractivity contribution in [1.82, 2.24) is 14.1 Å². The van der Waals surface area contributed by atoms with Crippen LogP contribution in [0.5, 0.6) is 0 Å². The van der Waals surface area contributed by atoms with E-state index in [2.05, 4.69) is 5.10 Å². The van der Waals surface area contributed by atoms with Gasteiger partial charge in [0.05, 0.1) is 12.7 Å². The Hall–Kier alpha value is -0.920. The highest BCUT2D eigenvalue weighted by Crippen LogP contribution is 2.32. The highest BCUT2D eigenvalue weighted by Gasteiger charge is 2.39. The van der Waals surface area contributed by atoms with Gasteiger partial charge in [0.2, 0.25) is 10.0 Å². The van der Waals surface area contributed by atoms with Gasteiger partial charge in [0.25, 0.3) is 0 Å². The van der Waals surface area contributed by atoms with Crippen LogP contribution in [-0.2, 0) is 16.6 Å². The van der Waals surface area contributed by atoms with E-state index in [-0.39, 0.29) is 17.0 Å². The summed E-state index contributed by atoms with van der Waals surface area (Å²) in [6.45, 7) is 4.97. The smallest absolute Gasteiger partial charge is 0.246 e. The Bertz CT molecular complexity index is 526. The van der Waals surface area contributed by atoms with E-state index < -0.39 is 10.0 Å². The molecule has 1 fully saturated rings. The molecule has 1 aromatic rings. The van der Waals surface area contributed by atoms with E-state index in [1.807, 2.05) is 13.8 Å². The molecule has 1 saturated heterocycles. The fraction of sp³-hybridized carbons (Fsp3) is 0.750. The molecule has 0 aromatic carbocycles. The minimum absolute atomic E-state index is 0.0628. The van der Waals surface area contributed by atoms with E-state index in [9.17, 15) is 8.42 Å². The third-order valence-corrected chi connectivity index (χ3v) is 5.75. The molecule has 2 atom stereocenters. The molecule has 6 nitrogen and oxygen atoms in total. The zero-order chi connectivity index (χ0) is 14.0. The first-order chi connectivity index (χ1) is 9.00. The number of sulfonamides is 1. The maximum atomic E-state index is 12.7. The second kappa shape index (κ2) is 5.60. The molecule has 1 aliphatic rings. The second-order valence-corrected chi connectivity index (χ2v) is 6.89. The summed E-state index contributed by atoms with van der Waals surface area (Å²) in [6.07, 6.45) is 5.70. The minimum Gasteiger partial charge on any atom is -0.329 e. The number of hydrogen-bond donors (Lipinski definition) is 1. The lowest BCUT2D eigenvalue weighted by molar-refractivity contribution is 0.328. The Balaban J connectivity index is 2.30. The molecular weight excluding hydrogens is 264 g/mol. The molecule has 7 heteroatoms. The molecule has 2 N–H and O–H groups in total. The molecule has 0 amide bonds. The van der Waals surface area contributed by atoms with Crippen molar-refractivity contribution >= 4 is 10.0 Å². The van der Waals surface area contributed by atoms with Crippen molar-refractivity contribution in [3.05, 3.63) is 12.4 Å². The number of nitrogens with two attached hydrogens (primary N) is 1. The van der Waals surface area contributed by atoms with E-state index in [1.165, 1.54) is 6.20 Å². The summed E-state index contributed by atoms with van der Waals surface area (Å²) in [5.74, 6) is 0. The SMILES string of the molecule is CCC1CCC(C)N1S(=O)(=O)c1cnn(CCN)c1. The van der Waals surface area contributed by atoms with Crippen molar-refractivity contribution in [2.45, 2.75) is 56.6 Å². The van der Waals surface area contributed by atoms with Gasteiger partial charge in [-0.05, 0) is 26.2 Å². The molecular formula is C12H22N4O2S. The van der Waals surface area contributed by atoms with Gasteiger partial charge in [-0.2, -0.15) is 9.40 Å². The molecule has 0 aliphatic carbocycles. The van der Waals surface area contributed by atoms with Crippen molar-refractivity contribution in [3.8, 4) is 0 Å². The number of aromatic nitrogens is 2. The van der Waals surface area contributed by atoms with Gasteiger partial charge in [-0.25, -0.2) is 8.42 Å². The van der Waals surface area contributed by atoms with Gasteiger partial charge in [-0.1, -0.05) is 6.92 Å². The summed E-state index contributed by atoms with van der Waals surface area (Å²) in [4.78, 5) is 0.271. The Morgan fingerprint density at radius 2 is 2.21 bits per heavy atom. The summed E-state index contributed by atoms with van der Waals surface area (Å²) in [5.41, 5.74) is 5.45. The third kappa shape index (κ3) is 2.68. The van der Waals surface area contributed by atoms with Crippen LogP contribution in [0.25, 0.3) is 0 Å². The van der Waals surface area contributed by atoms with Gasteiger partial charge in [0.15, 0.2) is 0 Å². The predicted octanol–water partition coefficient (Wildman–Crippen LogP) is 0.793. The van der Waals surface area contributed by atoms with Crippen LogP contribution >= 0.6 is 0 Å². The monoisotopic (exact) mass is 286 g/mol. The summed E-state index contributed by atoms with van der Waals surface area (Å²) in [7, 11) is -3.44. The van der Waals surface area contributed by atoms with Crippen LogP contribution in [0, 0.1) is 0 Å². The minimum atomic E-state index is -3.44. The van der Waals surface area contributed by atoms with Crippen LogP contribution in [0.3, 0.4) is 0 Å². The molecule has 0 bridgehead atoms. The average molecular weight is 286 g/mol. The topological polar surface area (TPSA) is 81.2 Å². The Morgan fingerprint density at radius 3 is 2.84 bits per heavy atom. The van der Waals surface area contributed by atoms with E-state index in [0.29, 0.717) is 13.1 Å². The van der Waals surface area contributed by atoms with Crippen LogP contribution in [0.1, 0.15) is 33.1 Å². The maximum absolute atomic E-state index is 12.7. The van der Waals surface area contributed by atoms with Crippen LogP contribution in [0.4, 0.5) is 0 Å². The average Bonchev–Trinajstić information content (AvgIpc) is 2.96. The van der Waals surface area contributed by atoms with Gasteiger partial charge < -0.3 is 5.73 Å². The number of nitrogens with zero attached hydrogens (tertiary/aromatic N) is 3. The fourth-order valence-electron chi connectivity index (χ4n) is 2.72. The first kappa shape index (κ1) is 14.5. The van der Waals surface area contributed by atoms with Gasteiger partial charge in [-0.3, -0.25) is 4.68 Å². The molecule has 108 valence electrons. The number of hydrogen-bond acceptors (Lipinski definition) is 4. The van der Waals surface area contributed by atoms with Crippen molar-refractivity contribution < 1.29 is 8.42 Å². The van der Waals surface area contributed by atoms with Gasteiger partial charge in [0, 0.05) is 24.8 Å². The van der Waals surface area contributed by atoms with Crippen LogP contribution in [0.2, 0.25) is 0 Å². The second-order valence-electron chi connectivity index (χ2n) is 5.05. The first-order valence-corrected chi connectivity index (χ1v) is 8.20. The van der Waals surface area contributed by atoms with Crippen molar-refractivity contribution in [2.24, 2.45) is 5.73 Å². The van der Waals surface area contributed by atoms with Crippen LogP contribution in [0.15, 0.2) is 17.3 Å². The molecule has 19 heavy (non-hydrogen) atoms. The van der Waals surface area contributed by atoms with Crippen molar-refractivity contribution in [3.63, 3.8) is 0 Å². The standard InChI is InChI=1S/C12H22N4O2S/c1-3-11-5-4-10(2)16(11)19(17,18)12-8-14-15(9-12)7-6-13/h8-11H,3-7,13H2,1-2H3. The van der Waals surface area contributed by atoms with E-state index >= 15 is 0 Å². The summed E-state index contributed by atoms with van der Waals surface area (Å²) < 4.78 is 28.6. The molecule has 2 rings (SSSR count). The zero-order valence-electron chi connectivity index (χ0n) is 11.5. The molecule has 0 radical (unpaired) electrons. The molecule has 2 heterocycles. The summed E-state index contributed by atoms with van der Waals surface area (Å²) >= 11 is 0. The normalized spacial score (nSPS) is 25.0. The summed E-state index contributed by atoms with van der Waals surface area (Å²) in [6, 6.07) is 0.172. The highest BCUT2D eigenvalue weighted by molar-refractivity contribution is 7.89. The quantitative estimate of drug-likeness (QED) is 0.868. The summed E-state index contributed by atoms with van der Waals surface area (Å²) in [5, 5.41) is 4.05. The molecule has 0 saturated carbocycles.